The molecule has 1 saturated heterocycles. The monoisotopic (exact) mass is 317 g/mol. The molecule has 1 aliphatic heterocycles. The molecule has 1 aromatic rings. The van der Waals surface area contributed by atoms with Crippen molar-refractivity contribution in [1.29, 1.82) is 0 Å². The van der Waals surface area contributed by atoms with Gasteiger partial charge in [-0.2, -0.15) is 4.31 Å². The molecule has 0 spiro atoms. The highest BCUT2D eigenvalue weighted by Gasteiger charge is 2.44. The first-order chi connectivity index (χ1) is 9.37. The third-order valence-electron chi connectivity index (χ3n) is 3.08. The number of benzene rings is 1. The quantitative estimate of drug-likeness (QED) is 0.899. The molecule has 0 amide bonds. The van der Waals surface area contributed by atoms with Gasteiger partial charge in [0.05, 0.1) is 17.4 Å². The van der Waals surface area contributed by atoms with Crippen molar-refractivity contribution in [2.45, 2.75) is 23.2 Å². The van der Waals surface area contributed by atoms with Crippen LogP contribution in [0.5, 0.6) is 5.75 Å². The third-order valence-corrected chi connectivity index (χ3v) is 6.43. The highest BCUT2D eigenvalue weighted by Crippen LogP contribution is 2.34. The van der Waals surface area contributed by atoms with Crippen LogP contribution in [0.4, 0.5) is 0 Å². The Balaban J connectivity index is 2.39. The largest absolute Gasteiger partial charge is 0.497 e. The predicted molar refractivity (Wildman–Crippen MR) is 75.4 cm³/mol. The molecule has 0 bridgehead atoms. The molecule has 1 aliphatic rings. The van der Waals surface area contributed by atoms with Gasteiger partial charge in [0.25, 0.3) is 0 Å². The van der Waals surface area contributed by atoms with Crippen molar-refractivity contribution in [3.8, 4) is 5.75 Å². The lowest BCUT2D eigenvalue weighted by Gasteiger charge is -2.24. The van der Waals surface area contributed by atoms with E-state index in [1.807, 2.05) is 0 Å². The van der Waals surface area contributed by atoms with Crippen molar-refractivity contribution in [3.05, 3.63) is 24.3 Å². The number of aliphatic carboxylic acids is 1. The number of hydrogen-bond acceptors (Lipinski definition) is 5. The summed E-state index contributed by atoms with van der Waals surface area (Å²) in [5.41, 5.74) is 0. The molecule has 1 fully saturated rings. The van der Waals surface area contributed by atoms with Crippen molar-refractivity contribution < 1.29 is 23.1 Å². The molecular weight excluding hydrogens is 302 g/mol. The minimum atomic E-state index is -3.83. The Hall–Kier alpha value is -1.25. The molecule has 0 radical (unpaired) electrons. The van der Waals surface area contributed by atoms with Crippen molar-refractivity contribution >= 4 is 27.8 Å². The van der Waals surface area contributed by atoms with Crippen LogP contribution in [-0.4, -0.2) is 48.1 Å². The first-order valence-corrected chi connectivity index (χ1v) is 8.39. The molecule has 8 heteroatoms. The van der Waals surface area contributed by atoms with Crippen molar-refractivity contribution in [2.24, 2.45) is 0 Å². The van der Waals surface area contributed by atoms with Gasteiger partial charge in [0.1, 0.15) is 11.8 Å². The fourth-order valence-electron chi connectivity index (χ4n) is 2.04. The fourth-order valence-corrected chi connectivity index (χ4v) is 5.33. The lowest BCUT2D eigenvalue weighted by molar-refractivity contribution is -0.140. The minimum Gasteiger partial charge on any atom is -0.497 e. The van der Waals surface area contributed by atoms with E-state index >= 15 is 0 Å². The molecule has 2 rings (SSSR count). The highest BCUT2D eigenvalue weighted by molar-refractivity contribution is 8.01. The van der Waals surface area contributed by atoms with Gasteiger partial charge in [0.2, 0.25) is 10.0 Å². The number of rotatable bonds is 4. The van der Waals surface area contributed by atoms with Crippen LogP contribution in [0.3, 0.4) is 0 Å². The van der Waals surface area contributed by atoms with Crippen LogP contribution >= 0.6 is 11.8 Å². The summed E-state index contributed by atoms with van der Waals surface area (Å²) in [5, 5.41) is 8.75. The first-order valence-electron chi connectivity index (χ1n) is 5.90. The van der Waals surface area contributed by atoms with Gasteiger partial charge in [-0.3, -0.25) is 4.79 Å². The number of ether oxygens (including phenoxy) is 1. The van der Waals surface area contributed by atoms with Crippen LogP contribution in [0.1, 0.15) is 6.92 Å². The molecule has 20 heavy (non-hydrogen) atoms. The average molecular weight is 317 g/mol. The lowest BCUT2D eigenvalue weighted by Crippen LogP contribution is -2.44. The van der Waals surface area contributed by atoms with Crippen molar-refractivity contribution in [2.75, 3.05) is 12.9 Å². The maximum atomic E-state index is 12.6. The van der Waals surface area contributed by atoms with Gasteiger partial charge in [0.15, 0.2) is 0 Å². The Labute approximate surface area is 121 Å². The van der Waals surface area contributed by atoms with Crippen LogP contribution in [0.25, 0.3) is 0 Å². The number of hydrogen-bond donors (Lipinski definition) is 1. The zero-order valence-electron chi connectivity index (χ0n) is 11.0. The molecule has 0 aliphatic carbocycles. The first kappa shape index (κ1) is 15.1. The number of carboxylic acid groups (broad SMARTS) is 1. The third kappa shape index (κ3) is 2.63. The molecule has 2 atom stereocenters. The number of sulfonamides is 1. The normalized spacial score (nSPS) is 23.7. The Bertz CT molecular complexity index is 599. The Kier molecular flexibility index (Phi) is 4.26. The maximum absolute atomic E-state index is 12.6. The van der Waals surface area contributed by atoms with Gasteiger partial charge in [0, 0.05) is 5.75 Å². The topological polar surface area (TPSA) is 83.9 Å². The van der Waals surface area contributed by atoms with E-state index in [1.165, 1.54) is 43.1 Å². The maximum Gasteiger partial charge on any atom is 0.322 e. The molecule has 6 nitrogen and oxygen atoms in total. The van der Waals surface area contributed by atoms with E-state index in [0.717, 1.165) is 4.31 Å². The van der Waals surface area contributed by atoms with Gasteiger partial charge in [-0.25, -0.2) is 8.42 Å². The van der Waals surface area contributed by atoms with Gasteiger partial charge in [-0.05, 0) is 31.2 Å². The SMILES string of the molecule is COc1ccc(S(=O)(=O)N2C(C)SCC2C(=O)O)cc1. The van der Waals surface area contributed by atoms with E-state index < -0.39 is 27.4 Å². The number of thioether (sulfide) groups is 1. The van der Waals surface area contributed by atoms with Crippen molar-refractivity contribution in [3.63, 3.8) is 0 Å². The van der Waals surface area contributed by atoms with E-state index in [0.29, 0.717) is 5.75 Å². The zero-order chi connectivity index (χ0) is 14.9. The number of carboxylic acids is 1. The summed E-state index contributed by atoms with van der Waals surface area (Å²) in [6, 6.07) is 4.89. The van der Waals surface area contributed by atoms with Crippen molar-refractivity contribution in [1.82, 2.24) is 4.31 Å². The highest BCUT2D eigenvalue weighted by atomic mass is 32.2. The second kappa shape index (κ2) is 5.63. The predicted octanol–water partition coefficient (Wildman–Crippen LogP) is 1.23. The summed E-state index contributed by atoms with van der Waals surface area (Å²) in [6.45, 7) is 1.69. The Morgan fingerprint density at radius 2 is 2.00 bits per heavy atom. The van der Waals surface area contributed by atoms with Crippen LogP contribution in [0, 0.1) is 0 Å². The number of carbonyl (C=O) groups is 1. The van der Waals surface area contributed by atoms with Crippen LogP contribution in [0.2, 0.25) is 0 Å². The summed E-state index contributed by atoms with van der Waals surface area (Å²) in [4.78, 5) is 11.3. The van der Waals surface area contributed by atoms with Gasteiger partial charge in [-0.15, -0.1) is 11.8 Å². The summed E-state index contributed by atoms with van der Waals surface area (Å²) in [6.07, 6.45) is 0. The molecule has 2 unspecified atom stereocenters. The summed E-state index contributed by atoms with van der Waals surface area (Å²) in [7, 11) is -2.34. The second-order valence-electron chi connectivity index (χ2n) is 4.30. The van der Waals surface area contributed by atoms with Gasteiger partial charge >= 0.3 is 5.97 Å². The zero-order valence-corrected chi connectivity index (χ0v) is 12.6. The van der Waals surface area contributed by atoms with E-state index in [-0.39, 0.29) is 10.6 Å². The summed E-state index contributed by atoms with van der Waals surface area (Å²) in [5.74, 6) is -0.326. The van der Waals surface area contributed by atoms with Gasteiger partial charge in [-0.1, -0.05) is 0 Å². The molecule has 1 N–H and O–H groups in total. The Morgan fingerprint density at radius 3 is 2.50 bits per heavy atom. The molecular formula is C12H15NO5S2. The minimum absolute atomic E-state index is 0.0684. The average Bonchev–Trinajstić information content (AvgIpc) is 2.81. The number of nitrogens with zero attached hydrogens (tertiary/aromatic N) is 1. The standard InChI is InChI=1S/C12H15NO5S2/c1-8-13(11(7-19-8)12(14)15)20(16,17)10-5-3-9(18-2)4-6-10/h3-6,8,11H,7H2,1-2H3,(H,14,15). The van der Waals surface area contributed by atoms with Crippen LogP contribution in [-0.2, 0) is 14.8 Å². The van der Waals surface area contributed by atoms with E-state index in [1.54, 1.807) is 6.92 Å². The second-order valence-corrected chi connectivity index (χ2v) is 7.49. The van der Waals surface area contributed by atoms with E-state index in [4.69, 9.17) is 9.84 Å². The van der Waals surface area contributed by atoms with E-state index in [9.17, 15) is 13.2 Å². The lowest BCUT2D eigenvalue weighted by atomic mass is 10.3. The molecule has 1 heterocycles. The van der Waals surface area contributed by atoms with Crippen LogP contribution in [0.15, 0.2) is 29.2 Å². The molecule has 0 saturated carbocycles. The van der Waals surface area contributed by atoms with Gasteiger partial charge < -0.3 is 9.84 Å². The Morgan fingerprint density at radius 1 is 1.40 bits per heavy atom. The summed E-state index contributed by atoms with van der Waals surface area (Å²) >= 11 is 1.31. The van der Waals surface area contributed by atoms with Crippen LogP contribution < -0.4 is 4.74 Å². The fraction of sp³-hybridized carbons (Fsp3) is 0.417. The van der Waals surface area contributed by atoms with E-state index in [2.05, 4.69) is 0 Å². The molecule has 1 aromatic carbocycles. The molecule has 0 aromatic heterocycles. The number of methoxy groups -OCH3 is 1. The molecule has 110 valence electrons. The summed E-state index contributed by atoms with van der Waals surface area (Å²) < 4.78 is 31.2. The smallest absolute Gasteiger partial charge is 0.322 e.